The SMILES string of the molecule is COc1ccc(OC)c(C(=O)C2CC3COCC(C2)N3C(=O)OCC2c3ccccc3-c3ccccc32)c1. The summed E-state index contributed by atoms with van der Waals surface area (Å²) in [5.41, 5.74) is 5.26. The molecule has 1 amide bonds. The van der Waals surface area contributed by atoms with Crippen molar-refractivity contribution in [1.29, 1.82) is 0 Å². The minimum Gasteiger partial charge on any atom is -0.497 e. The van der Waals surface area contributed by atoms with Gasteiger partial charge < -0.3 is 18.9 Å². The Morgan fingerprint density at radius 2 is 1.50 bits per heavy atom. The number of ketones is 1. The molecule has 3 aromatic rings. The molecule has 2 unspecified atom stereocenters. The molecule has 2 saturated heterocycles. The van der Waals surface area contributed by atoms with E-state index in [0.29, 0.717) is 43.1 Å². The van der Waals surface area contributed by atoms with E-state index < -0.39 is 0 Å². The summed E-state index contributed by atoms with van der Waals surface area (Å²) >= 11 is 0. The van der Waals surface area contributed by atoms with E-state index in [4.69, 9.17) is 18.9 Å². The smallest absolute Gasteiger partial charge is 0.410 e. The summed E-state index contributed by atoms with van der Waals surface area (Å²) in [5.74, 6) is 0.893. The summed E-state index contributed by atoms with van der Waals surface area (Å²) in [5, 5.41) is 0. The Morgan fingerprint density at radius 1 is 0.868 bits per heavy atom. The van der Waals surface area contributed by atoms with Gasteiger partial charge in [-0.05, 0) is 53.3 Å². The zero-order chi connectivity index (χ0) is 26.2. The van der Waals surface area contributed by atoms with Crippen LogP contribution in [0.2, 0.25) is 0 Å². The molecule has 2 atom stereocenters. The maximum Gasteiger partial charge on any atom is 0.410 e. The molecule has 0 aromatic heterocycles. The molecule has 7 heteroatoms. The van der Waals surface area contributed by atoms with Crippen LogP contribution in [0.3, 0.4) is 0 Å². The average molecular weight is 514 g/mol. The predicted molar refractivity (Wildman–Crippen MR) is 142 cm³/mol. The number of fused-ring (bicyclic) bond motifs is 5. The summed E-state index contributed by atoms with van der Waals surface area (Å²) in [6, 6.07) is 21.4. The Hall–Kier alpha value is -3.84. The standard InChI is InChI=1S/C31H31NO6/c1-35-22-11-12-29(36-2)27(15-22)30(33)19-13-20-16-37-17-21(14-19)32(20)31(34)38-18-28-25-9-5-3-7-23(25)24-8-4-6-10-26(24)28/h3-12,15,19-21,28H,13-14,16-18H2,1-2H3. The lowest BCUT2D eigenvalue weighted by molar-refractivity contribution is -0.0748. The molecule has 6 rings (SSSR count). The maximum atomic E-state index is 13.6. The van der Waals surface area contributed by atoms with Crippen LogP contribution in [-0.4, -0.2) is 62.9 Å². The van der Waals surface area contributed by atoms with Crippen LogP contribution in [0.4, 0.5) is 4.79 Å². The number of methoxy groups -OCH3 is 2. The van der Waals surface area contributed by atoms with Crippen LogP contribution in [-0.2, 0) is 9.47 Å². The molecule has 2 bridgehead atoms. The summed E-state index contributed by atoms with van der Waals surface area (Å²) in [4.78, 5) is 28.8. The molecular formula is C31H31NO6. The van der Waals surface area contributed by atoms with Gasteiger partial charge in [-0.2, -0.15) is 0 Å². The number of ether oxygens (including phenoxy) is 4. The third kappa shape index (κ3) is 4.21. The molecule has 38 heavy (non-hydrogen) atoms. The van der Waals surface area contributed by atoms with Crippen LogP contribution in [0.25, 0.3) is 11.1 Å². The van der Waals surface area contributed by atoms with Crippen molar-refractivity contribution in [3.05, 3.63) is 83.4 Å². The highest BCUT2D eigenvalue weighted by molar-refractivity contribution is 6.01. The van der Waals surface area contributed by atoms with E-state index in [1.54, 1.807) is 32.4 Å². The fourth-order valence-corrected chi connectivity index (χ4v) is 6.32. The van der Waals surface area contributed by atoms with E-state index in [0.717, 1.165) is 0 Å². The van der Waals surface area contributed by atoms with E-state index in [2.05, 4.69) is 24.3 Å². The Morgan fingerprint density at radius 3 is 2.11 bits per heavy atom. The van der Waals surface area contributed by atoms with Gasteiger partial charge in [0.05, 0.1) is 45.1 Å². The largest absolute Gasteiger partial charge is 0.497 e. The number of hydrogen-bond acceptors (Lipinski definition) is 6. The second kappa shape index (κ2) is 10.1. The number of benzene rings is 3. The van der Waals surface area contributed by atoms with Gasteiger partial charge in [0.1, 0.15) is 18.1 Å². The van der Waals surface area contributed by atoms with Crippen LogP contribution in [0.1, 0.15) is 40.2 Å². The molecule has 2 fully saturated rings. The van der Waals surface area contributed by atoms with Gasteiger partial charge in [0.15, 0.2) is 5.78 Å². The van der Waals surface area contributed by atoms with Crippen molar-refractivity contribution in [2.45, 2.75) is 30.8 Å². The number of amides is 1. The molecule has 2 heterocycles. The van der Waals surface area contributed by atoms with Gasteiger partial charge in [-0.25, -0.2) is 4.79 Å². The Labute approximate surface area is 222 Å². The van der Waals surface area contributed by atoms with E-state index in [1.165, 1.54) is 22.3 Å². The number of carbonyl (C=O) groups excluding carboxylic acids is 2. The fourth-order valence-electron chi connectivity index (χ4n) is 6.32. The van der Waals surface area contributed by atoms with Gasteiger partial charge >= 0.3 is 6.09 Å². The van der Waals surface area contributed by atoms with Crippen LogP contribution in [0.15, 0.2) is 66.7 Å². The van der Waals surface area contributed by atoms with E-state index in [1.807, 2.05) is 29.2 Å². The van der Waals surface area contributed by atoms with Crippen molar-refractivity contribution in [2.24, 2.45) is 5.92 Å². The Kier molecular flexibility index (Phi) is 6.54. The van der Waals surface area contributed by atoms with Crippen molar-refractivity contribution < 1.29 is 28.5 Å². The van der Waals surface area contributed by atoms with Crippen LogP contribution in [0, 0.1) is 5.92 Å². The minimum atomic E-state index is -0.338. The molecule has 0 spiro atoms. The van der Waals surface area contributed by atoms with Crippen LogP contribution >= 0.6 is 0 Å². The summed E-state index contributed by atoms with van der Waals surface area (Å²) < 4.78 is 22.6. The van der Waals surface area contributed by atoms with Crippen LogP contribution in [0.5, 0.6) is 11.5 Å². The summed E-state index contributed by atoms with van der Waals surface area (Å²) in [6.45, 7) is 1.05. The third-order valence-electron chi connectivity index (χ3n) is 8.11. The van der Waals surface area contributed by atoms with E-state index >= 15 is 0 Å². The van der Waals surface area contributed by atoms with Crippen molar-refractivity contribution in [3.63, 3.8) is 0 Å². The highest BCUT2D eigenvalue weighted by Crippen LogP contribution is 2.45. The number of piperidine rings is 1. The first-order valence-corrected chi connectivity index (χ1v) is 13.1. The molecule has 196 valence electrons. The molecule has 2 aliphatic heterocycles. The molecule has 7 nitrogen and oxygen atoms in total. The first kappa shape index (κ1) is 24.5. The fraction of sp³-hybridized carbons (Fsp3) is 0.355. The number of hydrogen-bond donors (Lipinski definition) is 0. The zero-order valence-corrected chi connectivity index (χ0v) is 21.6. The molecule has 3 aliphatic rings. The molecule has 0 saturated carbocycles. The van der Waals surface area contributed by atoms with E-state index in [9.17, 15) is 9.59 Å². The molecule has 0 radical (unpaired) electrons. The third-order valence-corrected chi connectivity index (χ3v) is 8.11. The maximum absolute atomic E-state index is 13.6. The van der Waals surface area contributed by atoms with Gasteiger partial charge in [0, 0.05) is 11.8 Å². The summed E-state index contributed by atoms with van der Waals surface area (Å²) in [6.07, 6.45) is 0.690. The molecular weight excluding hydrogens is 482 g/mol. The lowest BCUT2D eigenvalue weighted by atomic mass is 9.80. The predicted octanol–water partition coefficient (Wildman–Crippen LogP) is 5.32. The minimum absolute atomic E-state index is 0.00193. The molecule has 0 N–H and O–H groups in total. The van der Waals surface area contributed by atoms with Gasteiger partial charge in [0.25, 0.3) is 0 Å². The van der Waals surface area contributed by atoms with E-state index in [-0.39, 0.29) is 42.4 Å². The number of rotatable bonds is 6. The lowest BCUT2D eigenvalue weighted by Crippen LogP contribution is -2.60. The normalized spacial score (nSPS) is 21.8. The highest BCUT2D eigenvalue weighted by atomic mass is 16.6. The second-order valence-corrected chi connectivity index (χ2v) is 10.2. The van der Waals surface area contributed by atoms with Crippen LogP contribution < -0.4 is 9.47 Å². The molecule has 1 aliphatic carbocycles. The van der Waals surface area contributed by atoms with Crippen molar-refractivity contribution in [1.82, 2.24) is 4.90 Å². The van der Waals surface area contributed by atoms with Gasteiger partial charge in [-0.1, -0.05) is 48.5 Å². The number of nitrogens with zero attached hydrogens (tertiary/aromatic N) is 1. The first-order valence-electron chi connectivity index (χ1n) is 13.1. The number of Topliss-reactive ketones (excluding diaryl/α,β-unsaturated/α-hetero) is 1. The Balaban J connectivity index is 1.17. The number of carbonyl (C=O) groups is 2. The first-order chi connectivity index (χ1) is 18.6. The molecule has 3 aromatic carbocycles. The summed E-state index contributed by atoms with van der Waals surface area (Å²) in [7, 11) is 3.13. The van der Waals surface area contributed by atoms with Gasteiger partial charge in [-0.3, -0.25) is 9.69 Å². The lowest BCUT2D eigenvalue weighted by Gasteiger charge is -2.47. The second-order valence-electron chi connectivity index (χ2n) is 10.2. The topological polar surface area (TPSA) is 74.3 Å². The van der Waals surface area contributed by atoms with Gasteiger partial charge in [0.2, 0.25) is 0 Å². The monoisotopic (exact) mass is 513 g/mol. The van der Waals surface area contributed by atoms with Crippen molar-refractivity contribution in [3.8, 4) is 22.6 Å². The quantitative estimate of drug-likeness (QED) is 0.416. The number of morpholine rings is 1. The van der Waals surface area contributed by atoms with Crippen molar-refractivity contribution >= 4 is 11.9 Å². The highest BCUT2D eigenvalue weighted by Gasteiger charge is 2.45. The van der Waals surface area contributed by atoms with Gasteiger partial charge in [-0.15, -0.1) is 0 Å². The van der Waals surface area contributed by atoms with Crippen molar-refractivity contribution in [2.75, 3.05) is 34.0 Å². The average Bonchev–Trinajstić information content (AvgIpc) is 3.28. The zero-order valence-electron chi connectivity index (χ0n) is 21.6. The Bertz CT molecular complexity index is 1310.